The summed E-state index contributed by atoms with van der Waals surface area (Å²) in [5.74, 6) is 0. The van der Waals surface area contributed by atoms with Crippen molar-refractivity contribution in [2.24, 2.45) is 0 Å². The van der Waals surface area contributed by atoms with Crippen molar-refractivity contribution >= 4 is 34.3 Å². The molecule has 0 aliphatic carbocycles. The van der Waals surface area contributed by atoms with Gasteiger partial charge in [0.1, 0.15) is 0 Å². The number of para-hydroxylation sites is 1. The molecule has 5 nitrogen and oxygen atoms in total. The first-order chi connectivity index (χ1) is 12.1. The number of carbonyl (C=O) groups excluding carboxylic acids is 1. The highest BCUT2D eigenvalue weighted by Crippen LogP contribution is 2.18. The molecule has 3 rings (SSSR count). The molecular formula is C19H23IN4O. The number of aryl methyl sites for hydroxylation is 1. The summed E-state index contributed by atoms with van der Waals surface area (Å²) in [6, 6.07) is 14.0. The summed E-state index contributed by atoms with van der Waals surface area (Å²) in [4.78, 5) is 21.4. The summed E-state index contributed by atoms with van der Waals surface area (Å²) in [5, 5.41) is 3.03. The number of rotatable bonds is 3. The Morgan fingerprint density at radius 2 is 1.96 bits per heavy atom. The molecule has 1 aromatic heterocycles. The van der Waals surface area contributed by atoms with Gasteiger partial charge >= 0.3 is 6.03 Å². The van der Waals surface area contributed by atoms with Gasteiger partial charge in [-0.3, -0.25) is 9.88 Å². The number of amides is 2. The standard InChI is InChI=1S/C19H23IN4O/c1-15-6-4-7-16(21-15)14-23-10-5-11-24(13-12-23)19(25)22-18-9-3-2-8-17(18)20/h2-4,6-9H,5,10-14H2,1H3,(H,22,25). The zero-order valence-corrected chi connectivity index (χ0v) is 16.6. The van der Waals surface area contributed by atoms with E-state index < -0.39 is 0 Å². The van der Waals surface area contributed by atoms with Crippen LogP contribution in [0.25, 0.3) is 0 Å². The highest BCUT2D eigenvalue weighted by atomic mass is 127. The van der Waals surface area contributed by atoms with Gasteiger partial charge in [0.25, 0.3) is 0 Å². The van der Waals surface area contributed by atoms with Gasteiger partial charge in [0.2, 0.25) is 0 Å². The van der Waals surface area contributed by atoms with Crippen molar-refractivity contribution in [3.63, 3.8) is 0 Å². The van der Waals surface area contributed by atoms with E-state index >= 15 is 0 Å². The summed E-state index contributed by atoms with van der Waals surface area (Å²) in [7, 11) is 0. The predicted octanol–water partition coefficient (Wildman–Crippen LogP) is 3.73. The van der Waals surface area contributed by atoms with E-state index in [0.29, 0.717) is 0 Å². The third-order valence-corrected chi connectivity index (χ3v) is 5.26. The highest BCUT2D eigenvalue weighted by Gasteiger charge is 2.20. The van der Waals surface area contributed by atoms with Gasteiger partial charge in [0.15, 0.2) is 0 Å². The van der Waals surface area contributed by atoms with Gasteiger partial charge in [-0.25, -0.2) is 4.79 Å². The molecule has 0 spiro atoms. The minimum absolute atomic E-state index is 0.0142. The first-order valence-corrected chi connectivity index (χ1v) is 9.65. The fourth-order valence-electron chi connectivity index (χ4n) is 3.01. The Morgan fingerprint density at radius 1 is 1.12 bits per heavy atom. The fourth-order valence-corrected chi connectivity index (χ4v) is 3.53. The molecule has 25 heavy (non-hydrogen) atoms. The molecule has 6 heteroatoms. The second kappa shape index (κ2) is 8.62. The number of carbonyl (C=O) groups is 1. The zero-order chi connectivity index (χ0) is 17.6. The highest BCUT2D eigenvalue weighted by molar-refractivity contribution is 14.1. The quantitative estimate of drug-likeness (QED) is 0.726. The van der Waals surface area contributed by atoms with Crippen molar-refractivity contribution in [3.05, 3.63) is 57.4 Å². The summed E-state index contributed by atoms with van der Waals surface area (Å²) in [6.45, 7) is 6.24. The van der Waals surface area contributed by atoms with E-state index in [0.717, 1.165) is 59.8 Å². The minimum atomic E-state index is -0.0142. The number of anilines is 1. The lowest BCUT2D eigenvalue weighted by Gasteiger charge is -2.22. The molecular weight excluding hydrogens is 427 g/mol. The molecule has 0 unspecified atom stereocenters. The summed E-state index contributed by atoms with van der Waals surface area (Å²) in [6.07, 6.45) is 0.977. The van der Waals surface area contributed by atoms with Crippen molar-refractivity contribution < 1.29 is 4.79 Å². The topological polar surface area (TPSA) is 48.5 Å². The maximum absolute atomic E-state index is 12.6. The Morgan fingerprint density at radius 3 is 2.76 bits per heavy atom. The van der Waals surface area contributed by atoms with Gasteiger partial charge < -0.3 is 10.2 Å². The van der Waals surface area contributed by atoms with Gasteiger partial charge in [-0.05, 0) is 60.2 Å². The van der Waals surface area contributed by atoms with Crippen LogP contribution in [-0.4, -0.2) is 47.0 Å². The molecule has 1 fully saturated rings. The smallest absolute Gasteiger partial charge is 0.321 e. The van der Waals surface area contributed by atoms with E-state index in [1.165, 1.54) is 0 Å². The van der Waals surface area contributed by atoms with Crippen molar-refractivity contribution in [2.75, 3.05) is 31.5 Å². The maximum Gasteiger partial charge on any atom is 0.321 e. The first-order valence-electron chi connectivity index (χ1n) is 8.57. The van der Waals surface area contributed by atoms with Gasteiger partial charge in [-0.2, -0.15) is 0 Å². The summed E-state index contributed by atoms with van der Waals surface area (Å²) < 4.78 is 1.05. The summed E-state index contributed by atoms with van der Waals surface area (Å²) in [5.41, 5.74) is 3.01. The van der Waals surface area contributed by atoms with E-state index in [4.69, 9.17) is 0 Å². The van der Waals surface area contributed by atoms with E-state index in [1.54, 1.807) is 0 Å². The molecule has 1 aliphatic heterocycles. The average Bonchev–Trinajstić information content (AvgIpc) is 2.83. The molecule has 1 aliphatic rings. The van der Waals surface area contributed by atoms with Crippen LogP contribution in [0, 0.1) is 10.5 Å². The van der Waals surface area contributed by atoms with Crippen LogP contribution in [-0.2, 0) is 6.54 Å². The lowest BCUT2D eigenvalue weighted by atomic mass is 10.3. The molecule has 2 aromatic rings. The number of benzene rings is 1. The first kappa shape index (κ1) is 18.1. The average molecular weight is 450 g/mol. The third kappa shape index (κ3) is 5.15. The molecule has 0 radical (unpaired) electrons. The summed E-state index contributed by atoms with van der Waals surface area (Å²) >= 11 is 2.24. The van der Waals surface area contributed by atoms with E-state index in [2.05, 4.69) is 49.9 Å². The van der Waals surface area contributed by atoms with Gasteiger partial charge in [0, 0.05) is 42.0 Å². The van der Waals surface area contributed by atoms with Crippen LogP contribution < -0.4 is 5.32 Å². The Labute approximate surface area is 162 Å². The number of nitrogens with zero attached hydrogens (tertiary/aromatic N) is 3. The van der Waals surface area contributed by atoms with Crippen molar-refractivity contribution in [1.29, 1.82) is 0 Å². The Kier molecular flexibility index (Phi) is 6.25. The SMILES string of the molecule is Cc1cccc(CN2CCCN(C(=O)Nc3ccccc3I)CC2)n1. The minimum Gasteiger partial charge on any atom is -0.323 e. The molecule has 2 amide bonds. The number of pyridine rings is 1. The molecule has 2 heterocycles. The third-order valence-electron chi connectivity index (χ3n) is 4.32. The van der Waals surface area contributed by atoms with E-state index in [9.17, 15) is 4.79 Å². The van der Waals surface area contributed by atoms with Crippen molar-refractivity contribution in [2.45, 2.75) is 19.9 Å². The second-order valence-electron chi connectivity index (χ2n) is 6.30. The number of hydrogen-bond acceptors (Lipinski definition) is 3. The van der Waals surface area contributed by atoms with Crippen molar-refractivity contribution in [3.8, 4) is 0 Å². The van der Waals surface area contributed by atoms with Crippen LogP contribution in [0.1, 0.15) is 17.8 Å². The monoisotopic (exact) mass is 450 g/mol. The van der Waals surface area contributed by atoms with Gasteiger partial charge in [-0.15, -0.1) is 0 Å². The lowest BCUT2D eigenvalue weighted by Crippen LogP contribution is -2.38. The van der Waals surface area contributed by atoms with Gasteiger partial charge in [-0.1, -0.05) is 18.2 Å². The molecule has 0 atom stereocenters. The van der Waals surface area contributed by atoms with Crippen LogP contribution >= 0.6 is 22.6 Å². The number of nitrogens with one attached hydrogen (secondary N) is 1. The number of urea groups is 1. The van der Waals surface area contributed by atoms with E-state index in [-0.39, 0.29) is 6.03 Å². The number of halogens is 1. The molecule has 1 N–H and O–H groups in total. The molecule has 0 bridgehead atoms. The zero-order valence-electron chi connectivity index (χ0n) is 14.4. The predicted molar refractivity (Wildman–Crippen MR) is 109 cm³/mol. The maximum atomic E-state index is 12.6. The van der Waals surface area contributed by atoms with E-state index in [1.807, 2.05) is 42.2 Å². The van der Waals surface area contributed by atoms with Gasteiger partial charge in [0.05, 0.1) is 11.4 Å². The second-order valence-corrected chi connectivity index (χ2v) is 7.46. The number of hydrogen-bond donors (Lipinski definition) is 1. The Bertz CT molecular complexity index is 737. The molecule has 1 aromatic carbocycles. The molecule has 1 saturated heterocycles. The van der Waals surface area contributed by atoms with Crippen molar-refractivity contribution in [1.82, 2.24) is 14.8 Å². The normalized spacial score (nSPS) is 15.7. The van der Waals surface area contributed by atoms with Crippen LogP contribution in [0.15, 0.2) is 42.5 Å². The Balaban J connectivity index is 1.56. The van der Waals surface area contributed by atoms with Crippen LogP contribution in [0.3, 0.4) is 0 Å². The molecule has 0 saturated carbocycles. The van der Waals surface area contributed by atoms with Crippen LogP contribution in [0.4, 0.5) is 10.5 Å². The number of aromatic nitrogens is 1. The van der Waals surface area contributed by atoms with Crippen LogP contribution in [0.2, 0.25) is 0 Å². The Hall–Kier alpha value is -1.67. The fraction of sp³-hybridized carbons (Fsp3) is 0.368. The lowest BCUT2D eigenvalue weighted by molar-refractivity contribution is 0.211. The molecule has 132 valence electrons. The van der Waals surface area contributed by atoms with Crippen LogP contribution in [0.5, 0.6) is 0 Å². The largest absolute Gasteiger partial charge is 0.323 e.